The molecule has 0 fully saturated rings. The van der Waals surface area contributed by atoms with E-state index < -0.39 is 0 Å². The minimum Gasteiger partial charge on any atom is -0.299 e. The summed E-state index contributed by atoms with van der Waals surface area (Å²) in [6.07, 6.45) is 5.02. The predicted octanol–water partition coefficient (Wildman–Crippen LogP) is 1.97. The van der Waals surface area contributed by atoms with Gasteiger partial charge in [0.2, 0.25) is 0 Å². The Morgan fingerprint density at radius 1 is 1.57 bits per heavy atom. The van der Waals surface area contributed by atoms with Crippen molar-refractivity contribution in [3.8, 4) is 0 Å². The molecule has 14 heavy (non-hydrogen) atoms. The first kappa shape index (κ1) is 11.0. The fourth-order valence-electron chi connectivity index (χ4n) is 1.19. The molecule has 0 N–H and O–H groups in total. The van der Waals surface area contributed by atoms with Crippen LogP contribution in [0.3, 0.4) is 0 Å². The van der Waals surface area contributed by atoms with Gasteiger partial charge >= 0.3 is 0 Å². The fraction of sp³-hybridized carbons (Fsp3) is 0.636. The molecule has 0 radical (unpaired) electrons. The van der Waals surface area contributed by atoms with E-state index in [1.807, 2.05) is 34.0 Å². The topological polar surface area (TPSA) is 34.9 Å². The van der Waals surface area contributed by atoms with Crippen LogP contribution in [0.4, 0.5) is 0 Å². The van der Waals surface area contributed by atoms with Gasteiger partial charge in [-0.3, -0.25) is 9.48 Å². The molecule has 1 aromatic rings. The average Bonchev–Trinajstić information content (AvgIpc) is 2.51. The summed E-state index contributed by atoms with van der Waals surface area (Å²) in [5.74, 6) is 0.285. The molecular weight excluding hydrogens is 176 g/mol. The van der Waals surface area contributed by atoms with Gasteiger partial charge in [-0.05, 0) is 12.0 Å². The normalized spacial score (nSPS) is 11.7. The Morgan fingerprint density at radius 3 is 2.64 bits per heavy atom. The summed E-state index contributed by atoms with van der Waals surface area (Å²) in [6.45, 7) is 6.03. The van der Waals surface area contributed by atoms with E-state index >= 15 is 0 Å². The molecule has 3 nitrogen and oxygen atoms in total. The SMILES string of the molecule is CCC(C)(C)C(=O)Cc1cnn(C)c1. The molecule has 1 heterocycles. The number of hydrogen-bond acceptors (Lipinski definition) is 2. The summed E-state index contributed by atoms with van der Waals surface area (Å²) >= 11 is 0. The fourth-order valence-corrected chi connectivity index (χ4v) is 1.19. The van der Waals surface area contributed by atoms with Crippen LogP contribution in [0, 0.1) is 5.41 Å². The number of ketones is 1. The molecule has 3 heteroatoms. The van der Waals surface area contributed by atoms with Crippen molar-refractivity contribution in [2.45, 2.75) is 33.6 Å². The van der Waals surface area contributed by atoms with Crippen molar-refractivity contribution < 1.29 is 4.79 Å². The number of aromatic nitrogens is 2. The Labute approximate surface area is 85.1 Å². The lowest BCUT2D eigenvalue weighted by Crippen LogP contribution is -2.24. The van der Waals surface area contributed by atoms with Gasteiger partial charge in [-0.25, -0.2) is 0 Å². The van der Waals surface area contributed by atoms with Crippen molar-refractivity contribution in [1.29, 1.82) is 0 Å². The summed E-state index contributed by atoms with van der Waals surface area (Å²) in [4.78, 5) is 11.8. The first-order valence-electron chi connectivity index (χ1n) is 4.96. The summed E-state index contributed by atoms with van der Waals surface area (Å²) in [6, 6.07) is 0. The quantitative estimate of drug-likeness (QED) is 0.734. The largest absolute Gasteiger partial charge is 0.299 e. The lowest BCUT2D eigenvalue weighted by molar-refractivity contribution is -0.126. The lowest BCUT2D eigenvalue weighted by atomic mass is 9.83. The molecule has 0 aliphatic rings. The van der Waals surface area contributed by atoms with E-state index in [9.17, 15) is 4.79 Å². The highest BCUT2D eigenvalue weighted by Crippen LogP contribution is 2.22. The summed E-state index contributed by atoms with van der Waals surface area (Å²) in [7, 11) is 1.86. The first-order chi connectivity index (χ1) is 6.45. The average molecular weight is 194 g/mol. The molecule has 0 unspecified atom stereocenters. The van der Waals surface area contributed by atoms with Crippen molar-refractivity contribution >= 4 is 5.78 Å². The van der Waals surface area contributed by atoms with Crippen molar-refractivity contribution in [2.75, 3.05) is 0 Å². The van der Waals surface area contributed by atoms with Gasteiger partial charge in [-0.1, -0.05) is 20.8 Å². The molecular formula is C11H18N2O. The highest BCUT2D eigenvalue weighted by molar-refractivity contribution is 5.85. The monoisotopic (exact) mass is 194 g/mol. The van der Waals surface area contributed by atoms with Gasteiger partial charge in [0.05, 0.1) is 6.20 Å². The van der Waals surface area contributed by atoms with E-state index in [1.165, 1.54) is 0 Å². The Bertz CT molecular complexity index is 326. The van der Waals surface area contributed by atoms with Crippen LogP contribution >= 0.6 is 0 Å². The number of carbonyl (C=O) groups excluding carboxylic acids is 1. The maximum Gasteiger partial charge on any atom is 0.142 e. The van der Waals surface area contributed by atoms with Gasteiger partial charge in [-0.15, -0.1) is 0 Å². The van der Waals surface area contributed by atoms with E-state index in [4.69, 9.17) is 0 Å². The molecule has 0 saturated carbocycles. The van der Waals surface area contributed by atoms with Gasteiger partial charge in [0.1, 0.15) is 5.78 Å². The lowest BCUT2D eigenvalue weighted by Gasteiger charge is -2.20. The third-order valence-corrected chi connectivity index (χ3v) is 2.76. The summed E-state index contributed by atoms with van der Waals surface area (Å²) in [5, 5.41) is 4.04. The van der Waals surface area contributed by atoms with E-state index in [2.05, 4.69) is 5.10 Å². The number of Topliss-reactive ketones (excluding diaryl/α,β-unsaturated/α-hetero) is 1. The molecule has 0 aliphatic carbocycles. The van der Waals surface area contributed by atoms with E-state index in [1.54, 1.807) is 10.9 Å². The molecule has 0 amide bonds. The maximum absolute atomic E-state index is 11.8. The Kier molecular flexibility index (Phi) is 3.09. The molecule has 0 aliphatic heterocycles. The summed E-state index contributed by atoms with van der Waals surface area (Å²) < 4.78 is 1.72. The van der Waals surface area contributed by atoms with Gasteiger partial charge in [0, 0.05) is 25.1 Å². The number of aryl methyl sites for hydroxylation is 1. The van der Waals surface area contributed by atoms with Crippen LogP contribution in [0.25, 0.3) is 0 Å². The molecule has 0 bridgehead atoms. The number of nitrogens with zero attached hydrogens (tertiary/aromatic N) is 2. The van der Waals surface area contributed by atoms with Gasteiger partial charge in [0.25, 0.3) is 0 Å². The second-order valence-corrected chi connectivity index (χ2v) is 4.36. The minimum atomic E-state index is -0.212. The standard InChI is InChI=1S/C11H18N2O/c1-5-11(2,3)10(14)6-9-7-12-13(4)8-9/h7-8H,5-6H2,1-4H3. The number of carbonyl (C=O) groups is 1. The van der Waals surface area contributed by atoms with E-state index in [0.717, 1.165) is 12.0 Å². The molecule has 1 rings (SSSR count). The molecule has 78 valence electrons. The number of hydrogen-bond donors (Lipinski definition) is 0. The van der Waals surface area contributed by atoms with Crippen LogP contribution in [0.15, 0.2) is 12.4 Å². The van der Waals surface area contributed by atoms with Crippen LogP contribution in [0.2, 0.25) is 0 Å². The van der Waals surface area contributed by atoms with Gasteiger partial charge in [0.15, 0.2) is 0 Å². The number of rotatable bonds is 4. The van der Waals surface area contributed by atoms with Crippen molar-refractivity contribution in [3.63, 3.8) is 0 Å². The van der Waals surface area contributed by atoms with E-state index in [0.29, 0.717) is 6.42 Å². The first-order valence-corrected chi connectivity index (χ1v) is 4.96. The highest BCUT2D eigenvalue weighted by Gasteiger charge is 2.25. The highest BCUT2D eigenvalue weighted by atomic mass is 16.1. The second-order valence-electron chi connectivity index (χ2n) is 4.36. The molecule has 0 spiro atoms. The van der Waals surface area contributed by atoms with Crippen molar-refractivity contribution in [3.05, 3.63) is 18.0 Å². The van der Waals surface area contributed by atoms with Crippen LogP contribution in [0.1, 0.15) is 32.8 Å². The van der Waals surface area contributed by atoms with Gasteiger partial charge < -0.3 is 0 Å². The Morgan fingerprint density at radius 2 is 2.21 bits per heavy atom. The molecule has 0 aromatic carbocycles. The second kappa shape index (κ2) is 3.95. The molecule has 0 saturated heterocycles. The molecule has 0 atom stereocenters. The van der Waals surface area contributed by atoms with Crippen LogP contribution in [-0.4, -0.2) is 15.6 Å². The Balaban J connectivity index is 2.66. The van der Waals surface area contributed by atoms with Crippen molar-refractivity contribution in [1.82, 2.24) is 9.78 Å². The smallest absolute Gasteiger partial charge is 0.142 e. The zero-order chi connectivity index (χ0) is 10.8. The minimum absolute atomic E-state index is 0.212. The van der Waals surface area contributed by atoms with Crippen LogP contribution in [0.5, 0.6) is 0 Å². The zero-order valence-corrected chi connectivity index (χ0v) is 9.37. The molecule has 1 aromatic heterocycles. The zero-order valence-electron chi connectivity index (χ0n) is 9.37. The third kappa shape index (κ3) is 2.44. The maximum atomic E-state index is 11.8. The predicted molar refractivity (Wildman–Crippen MR) is 56.0 cm³/mol. The van der Waals surface area contributed by atoms with Crippen LogP contribution < -0.4 is 0 Å². The van der Waals surface area contributed by atoms with E-state index in [-0.39, 0.29) is 11.2 Å². The van der Waals surface area contributed by atoms with Crippen molar-refractivity contribution in [2.24, 2.45) is 12.5 Å². The Hall–Kier alpha value is -1.12. The third-order valence-electron chi connectivity index (χ3n) is 2.76. The summed E-state index contributed by atoms with van der Waals surface area (Å²) in [5.41, 5.74) is 0.787. The van der Waals surface area contributed by atoms with Gasteiger partial charge in [-0.2, -0.15) is 5.10 Å². The van der Waals surface area contributed by atoms with Crippen LogP contribution in [-0.2, 0) is 18.3 Å².